The molecule has 2 heterocycles. The molecular formula is C13H22N2O3. The summed E-state index contributed by atoms with van der Waals surface area (Å²) in [7, 11) is 0. The molecule has 102 valence electrons. The highest BCUT2D eigenvalue weighted by Gasteiger charge is 2.22. The van der Waals surface area contributed by atoms with E-state index in [4.69, 9.17) is 0 Å². The Morgan fingerprint density at radius 2 is 1.78 bits per heavy atom. The molecule has 0 atom stereocenters. The standard InChI is InChI=1S/C13H22N2O3/c16-11-1-6-14(7-2-11)8-5-13(18)15-9-3-12(17)4-10-15/h11,16H,1-10H2. The molecule has 18 heavy (non-hydrogen) atoms. The average molecular weight is 254 g/mol. The SMILES string of the molecule is O=C1CCN(C(=O)CCN2CCC(O)CC2)CC1. The number of nitrogens with zero attached hydrogens (tertiary/aromatic N) is 2. The van der Waals surface area contributed by atoms with Gasteiger partial charge in [0.2, 0.25) is 5.91 Å². The van der Waals surface area contributed by atoms with Crippen LogP contribution in [0, 0.1) is 0 Å². The summed E-state index contributed by atoms with van der Waals surface area (Å²) >= 11 is 0. The molecule has 2 rings (SSSR count). The van der Waals surface area contributed by atoms with Gasteiger partial charge < -0.3 is 14.9 Å². The largest absolute Gasteiger partial charge is 0.393 e. The lowest BCUT2D eigenvalue weighted by Gasteiger charge is -2.31. The highest BCUT2D eigenvalue weighted by Crippen LogP contribution is 2.12. The summed E-state index contributed by atoms with van der Waals surface area (Å²) in [5, 5.41) is 9.40. The van der Waals surface area contributed by atoms with Gasteiger partial charge in [0.15, 0.2) is 0 Å². The molecule has 0 aromatic heterocycles. The number of Topliss-reactive ketones (excluding diaryl/α,β-unsaturated/α-hetero) is 1. The molecule has 1 amide bonds. The van der Waals surface area contributed by atoms with Crippen molar-refractivity contribution in [1.29, 1.82) is 0 Å². The zero-order chi connectivity index (χ0) is 13.0. The zero-order valence-corrected chi connectivity index (χ0v) is 10.8. The van der Waals surface area contributed by atoms with Gasteiger partial charge in [-0.1, -0.05) is 0 Å². The van der Waals surface area contributed by atoms with Gasteiger partial charge in [-0.05, 0) is 12.8 Å². The third kappa shape index (κ3) is 3.78. The Bertz CT molecular complexity index is 301. The lowest BCUT2D eigenvalue weighted by atomic mass is 10.1. The highest BCUT2D eigenvalue weighted by molar-refractivity contribution is 5.83. The number of rotatable bonds is 3. The fourth-order valence-corrected chi connectivity index (χ4v) is 2.56. The monoisotopic (exact) mass is 254 g/mol. The lowest BCUT2D eigenvalue weighted by molar-refractivity contribution is -0.134. The number of aliphatic hydroxyl groups excluding tert-OH is 1. The first-order valence-corrected chi connectivity index (χ1v) is 6.85. The Hall–Kier alpha value is -0.940. The van der Waals surface area contributed by atoms with Crippen LogP contribution in [0.3, 0.4) is 0 Å². The van der Waals surface area contributed by atoms with Gasteiger partial charge in [-0.3, -0.25) is 9.59 Å². The molecule has 0 unspecified atom stereocenters. The number of carbonyl (C=O) groups is 2. The van der Waals surface area contributed by atoms with Crippen molar-refractivity contribution >= 4 is 11.7 Å². The fraction of sp³-hybridized carbons (Fsp3) is 0.846. The van der Waals surface area contributed by atoms with Crippen molar-refractivity contribution < 1.29 is 14.7 Å². The molecule has 0 spiro atoms. The van der Waals surface area contributed by atoms with Crippen molar-refractivity contribution in [2.45, 2.75) is 38.2 Å². The van der Waals surface area contributed by atoms with E-state index in [1.807, 2.05) is 0 Å². The van der Waals surface area contributed by atoms with Crippen LogP contribution in [0.15, 0.2) is 0 Å². The second kappa shape index (κ2) is 6.29. The summed E-state index contributed by atoms with van der Waals surface area (Å²) in [4.78, 5) is 27.1. The van der Waals surface area contributed by atoms with Crippen LogP contribution in [0.5, 0.6) is 0 Å². The molecule has 2 aliphatic heterocycles. The maximum absolute atomic E-state index is 12.0. The van der Waals surface area contributed by atoms with E-state index in [-0.39, 0.29) is 17.8 Å². The zero-order valence-electron chi connectivity index (χ0n) is 10.8. The molecule has 0 aromatic carbocycles. The second-order valence-electron chi connectivity index (χ2n) is 5.24. The van der Waals surface area contributed by atoms with Crippen molar-refractivity contribution in [3.05, 3.63) is 0 Å². The van der Waals surface area contributed by atoms with Gasteiger partial charge in [-0.2, -0.15) is 0 Å². The molecule has 2 saturated heterocycles. The fourth-order valence-electron chi connectivity index (χ4n) is 2.56. The Kier molecular flexibility index (Phi) is 4.72. The second-order valence-corrected chi connectivity index (χ2v) is 5.24. The van der Waals surface area contributed by atoms with E-state index in [1.54, 1.807) is 4.90 Å². The molecule has 2 aliphatic rings. The molecule has 1 N–H and O–H groups in total. The molecule has 0 aromatic rings. The quantitative estimate of drug-likeness (QED) is 0.771. The van der Waals surface area contributed by atoms with Crippen LogP contribution in [-0.2, 0) is 9.59 Å². The summed E-state index contributed by atoms with van der Waals surface area (Å²) in [5.74, 6) is 0.428. The summed E-state index contributed by atoms with van der Waals surface area (Å²) in [6.45, 7) is 3.72. The van der Waals surface area contributed by atoms with Crippen molar-refractivity contribution in [3.63, 3.8) is 0 Å². The molecule has 5 nitrogen and oxygen atoms in total. The molecular weight excluding hydrogens is 232 g/mol. The van der Waals surface area contributed by atoms with Gasteiger partial charge in [-0.15, -0.1) is 0 Å². The summed E-state index contributed by atoms with van der Waals surface area (Å²) in [5.41, 5.74) is 0. The highest BCUT2D eigenvalue weighted by atomic mass is 16.3. The van der Waals surface area contributed by atoms with Gasteiger partial charge in [0, 0.05) is 52.0 Å². The van der Waals surface area contributed by atoms with E-state index >= 15 is 0 Å². The van der Waals surface area contributed by atoms with Crippen molar-refractivity contribution in [3.8, 4) is 0 Å². The van der Waals surface area contributed by atoms with Crippen molar-refractivity contribution in [1.82, 2.24) is 9.80 Å². The van der Waals surface area contributed by atoms with Crippen LogP contribution in [0.25, 0.3) is 0 Å². The van der Waals surface area contributed by atoms with Crippen LogP contribution in [0.1, 0.15) is 32.1 Å². The predicted molar refractivity (Wildman–Crippen MR) is 67.1 cm³/mol. The summed E-state index contributed by atoms with van der Waals surface area (Å²) in [6.07, 6.45) is 3.02. The Labute approximate surface area is 108 Å². The maximum Gasteiger partial charge on any atom is 0.223 e. The smallest absolute Gasteiger partial charge is 0.223 e. The summed E-state index contributed by atoms with van der Waals surface area (Å²) < 4.78 is 0. The first-order chi connectivity index (χ1) is 8.65. The van der Waals surface area contributed by atoms with Crippen LogP contribution in [-0.4, -0.2) is 65.4 Å². The normalized spacial score (nSPS) is 23.4. The third-order valence-electron chi connectivity index (χ3n) is 3.87. The van der Waals surface area contributed by atoms with Crippen LogP contribution in [0.4, 0.5) is 0 Å². The Morgan fingerprint density at radius 1 is 1.17 bits per heavy atom. The van der Waals surface area contributed by atoms with Crippen LogP contribution >= 0.6 is 0 Å². The van der Waals surface area contributed by atoms with E-state index in [9.17, 15) is 14.7 Å². The molecule has 0 saturated carbocycles. The molecule has 0 aliphatic carbocycles. The third-order valence-corrected chi connectivity index (χ3v) is 3.87. The minimum atomic E-state index is -0.162. The Balaban J connectivity index is 1.67. The van der Waals surface area contributed by atoms with E-state index in [0.717, 1.165) is 32.5 Å². The first kappa shape index (κ1) is 13.5. The van der Waals surface area contributed by atoms with Crippen LogP contribution in [0.2, 0.25) is 0 Å². The number of hydrogen-bond donors (Lipinski definition) is 1. The lowest BCUT2D eigenvalue weighted by Crippen LogP contribution is -2.42. The number of hydrogen-bond acceptors (Lipinski definition) is 4. The van der Waals surface area contributed by atoms with E-state index in [2.05, 4.69) is 4.90 Å². The number of piperidine rings is 2. The number of likely N-dealkylation sites (tertiary alicyclic amines) is 2. The average Bonchev–Trinajstić information content (AvgIpc) is 2.38. The van der Waals surface area contributed by atoms with Gasteiger partial charge in [-0.25, -0.2) is 0 Å². The van der Waals surface area contributed by atoms with Gasteiger partial charge in [0.25, 0.3) is 0 Å². The maximum atomic E-state index is 12.0. The molecule has 0 radical (unpaired) electrons. The summed E-state index contributed by atoms with van der Waals surface area (Å²) in [6, 6.07) is 0. The van der Waals surface area contributed by atoms with Crippen molar-refractivity contribution in [2.24, 2.45) is 0 Å². The van der Waals surface area contributed by atoms with E-state index in [0.29, 0.717) is 32.4 Å². The predicted octanol–water partition coefficient (Wildman–Crippen LogP) is 0.0247. The number of aliphatic hydroxyl groups is 1. The molecule has 5 heteroatoms. The van der Waals surface area contributed by atoms with Crippen molar-refractivity contribution in [2.75, 3.05) is 32.7 Å². The number of amides is 1. The minimum Gasteiger partial charge on any atom is -0.393 e. The number of carbonyl (C=O) groups excluding carboxylic acids is 2. The van der Waals surface area contributed by atoms with E-state index in [1.165, 1.54) is 0 Å². The van der Waals surface area contributed by atoms with Gasteiger partial charge in [0.1, 0.15) is 5.78 Å². The molecule has 0 bridgehead atoms. The number of ketones is 1. The van der Waals surface area contributed by atoms with Gasteiger partial charge >= 0.3 is 0 Å². The minimum absolute atomic E-state index is 0.161. The van der Waals surface area contributed by atoms with E-state index < -0.39 is 0 Å². The van der Waals surface area contributed by atoms with Gasteiger partial charge in [0.05, 0.1) is 6.10 Å². The Morgan fingerprint density at radius 3 is 2.39 bits per heavy atom. The first-order valence-electron chi connectivity index (χ1n) is 6.85. The topological polar surface area (TPSA) is 60.9 Å². The van der Waals surface area contributed by atoms with Crippen LogP contribution < -0.4 is 0 Å². The molecule has 2 fully saturated rings.